The maximum Gasteiger partial charge on any atom is 0.310 e. The minimum absolute atomic E-state index is 0.204. The van der Waals surface area contributed by atoms with Crippen LogP contribution in [0.25, 0.3) is 0 Å². The van der Waals surface area contributed by atoms with Crippen molar-refractivity contribution in [2.75, 3.05) is 66.1 Å². The summed E-state index contributed by atoms with van der Waals surface area (Å²) in [6.07, 6.45) is 0.204. The molecule has 8 heteroatoms. The molecule has 1 aromatic carbocycles. The average molecular weight is 444 g/mol. The maximum atomic E-state index is 12.0. The Morgan fingerprint density at radius 2 is 1.46 bits per heavy atom. The van der Waals surface area contributed by atoms with Crippen molar-refractivity contribution in [3.8, 4) is 0 Å². The molecule has 26 heavy (non-hydrogen) atoms. The van der Waals surface area contributed by atoms with Gasteiger partial charge in [-0.3, -0.25) is 4.79 Å². The van der Waals surface area contributed by atoms with E-state index in [0.717, 1.165) is 16.9 Å². The Morgan fingerprint density at radius 1 is 0.923 bits per heavy atom. The van der Waals surface area contributed by atoms with E-state index in [-0.39, 0.29) is 12.4 Å². The zero-order valence-corrected chi connectivity index (χ0v) is 18.0. The van der Waals surface area contributed by atoms with Crippen LogP contribution in [0.2, 0.25) is 0 Å². The number of ether oxygens (including phenoxy) is 1. The molecule has 0 amide bonds. The van der Waals surface area contributed by atoms with Crippen molar-refractivity contribution in [3.63, 3.8) is 0 Å². The van der Waals surface area contributed by atoms with Crippen LogP contribution in [0.5, 0.6) is 0 Å². The van der Waals surface area contributed by atoms with Crippen LogP contribution in [0.1, 0.15) is 12.5 Å². The number of alkyl halides is 4. The summed E-state index contributed by atoms with van der Waals surface area (Å²) in [6, 6.07) is 5.98. The van der Waals surface area contributed by atoms with Gasteiger partial charge in [-0.2, -0.15) is 0 Å². The summed E-state index contributed by atoms with van der Waals surface area (Å²) in [4.78, 5) is 16.2. The van der Waals surface area contributed by atoms with Gasteiger partial charge in [-0.1, -0.05) is 6.07 Å². The Morgan fingerprint density at radius 3 is 1.96 bits per heavy atom. The van der Waals surface area contributed by atoms with Crippen molar-refractivity contribution in [2.45, 2.75) is 13.3 Å². The number of carbonyl (C=O) groups is 1. The van der Waals surface area contributed by atoms with Crippen LogP contribution in [0.3, 0.4) is 0 Å². The Bertz CT molecular complexity index is 534. The number of hydrogen-bond acceptors (Lipinski definition) is 4. The summed E-state index contributed by atoms with van der Waals surface area (Å²) in [5.74, 6) is 1.69. The fourth-order valence-corrected chi connectivity index (χ4v) is 3.51. The highest BCUT2D eigenvalue weighted by atomic mass is 35.5. The normalized spacial score (nSPS) is 10.7. The monoisotopic (exact) mass is 442 g/mol. The van der Waals surface area contributed by atoms with E-state index in [1.165, 1.54) is 0 Å². The van der Waals surface area contributed by atoms with E-state index in [0.29, 0.717) is 56.3 Å². The number of anilines is 2. The lowest BCUT2D eigenvalue weighted by atomic mass is 10.1. The van der Waals surface area contributed by atoms with Gasteiger partial charge in [0.05, 0.1) is 13.0 Å². The van der Waals surface area contributed by atoms with Gasteiger partial charge in [0, 0.05) is 61.1 Å². The number of benzene rings is 1. The fourth-order valence-electron chi connectivity index (χ4n) is 2.69. The van der Waals surface area contributed by atoms with Crippen LogP contribution >= 0.6 is 46.4 Å². The second-order valence-corrected chi connectivity index (χ2v) is 7.04. The zero-order chi connectivity index (χ0) is 19.4. The molecule has 0 heterocycles. The van der Waals surface area contributed by atoms with Crippen LogP contribution in [0, 0.1) is 0 Å². The van der Waals surface area contributed by atoms with Crippen LogP contribution < -0.4 is 9.80 Å². The first kappa shape index (κ1) is 23.5. The summed E-state index contributed by atoms with van der Waals surface area (Å²) in [5, 5.41) is 0. The molecule has 0 saturated heterocycles. The van der Waals surface area contributed by atoms with Crippen LogP contribution in [0.4, 0.5) is 11.4 Å². The molecular formula is C18H26Cl4N2O2. The topological polar surface area (TPSA) is 32.8 Å². The van der Waals surface area contributed by atoms with E-state index >= 15 is 0 Å². The number of halogens is 4. The molecule has 0 aromatic heterocycles. The molecule has 0 bridgehead atoms. The molecule has 0 saturated carbocycles. The third-order valence-corrected chi connectivity index (χ3v) is 4.51. The fraction of sp³-hybridized carbons (Fsp3) is 0.611. The molecule has 1 rings (SSSR count). The molecule has 0 atom stereocenters. The van der Waals surface area contributed by atoms with E-state index in [4.69, 9.17) is 51.1 Å². The molecule has 4 nitrogen and oxygen atoms in total. The van der Waals surface area contributed by atoms with E-state index in [9.17, 15) is 4.79 Å². The second-order valence-electron chi connectivity index (χ2n) is 5.52. The minimum Gasteiger partial charge on any atom is -0.466 e. The van der Waals surface area contributed by atoms with Gasteiger partial charge >= 0.3 is 5.97 Å². The molecule has 0 spiro atoms. The van der Waals surface area contributed by atoms with Gasteiger partial charge in [0.15, 0.2) is 0 Å². The molecular weight excluding hydrogens is 418 g/mol. The van der Waals surface area contributed by atoms with E-state index < -0.39 is 0 Å². The van der Waals surface area contributed by atoms with Crippen molar-refractivity contribution >= 4 is 63.7 Å². The Hall–Kier alpha value is -0.550. The Labute approximate surface area is 176 Å². The number of nitrogens with zero attached hydrogens (tertiary/aromatic N) is 2. The predicted molar refractivity (Wildman–Crippen MR) is 114 cm³/mol. The van der Waals surface area contributed by atoms with E-state index in [2.05, 4.69) is 9.80 Å². The molecule has 0 fully saturated rings. The first-order valence-corrected chi connectivity index (χ1v) is 10.8. The number of rotatable bonds is 13. The van der Waals surface area contributed by atoms with Crippen LogP contribution in [0.15, 0.2) is 18.2 Å². The molecule has 1 aromatic rings. The summed E-state index contributed by atoms with van der Waals surface area (Å²) in [6.45, 7) is 4.81. The lowest BCUT2D eigenvalue weighted by molar-refractivity contribution is -0.142. The van der Waals surface area contributed by atoms with Crippen molar-refractivity contribution in [1.82, 2.24) is 0 Å². The van der Waals surface area contributed by atoms with Gasteiger partial charge in [-0.15, -0.1) is 46.4 Å². The van der Waals surface area contributed by atoms with Crippen molar-refractivity contribution in [3.05, 3.63) is 23.8 Å². The Kier molecular flexibility index (Phi) is 12.3. The number of esters is 1. The zero-order valence-electron chi connectivity index (χ0n) is 15.0. The third kappa shape index (κ3) is 7.59. The van der Waals surface area contributed by atoms with Crippen molar-refractivity contribution in [2.24, 2.45) is 0 Å². The minimum atomic E-state index is -0.253. The summed E-state index contributed by atoms with van der Waals surface area (Å²) in [7, 11) is 0. The van der Waals surface area contributed by atoms with Gasteiger partial charge < -0.3 is 14.5 Å². The number of hydrogen-bond donors (Lipinski definition) is 0. The molecule has 0 aliphatic carbocycles. The first-order valence-electron chi connectivity index (χ1n) is 8.63. The molecule has 0 N–H and O–H groups in total. The SMILES string of the molecule is CCOC(=O)Cc1ccc(N(CCCl)CCCl)cc1N(CCCl)CCCl. The quantitative estimate of drug-likeness (QED) is 0.335. The standard InChI is InChI=1S/C18H26Cl4N2O2/c1-2-26-18(25)13-15-3-4-16(23(9-5-19)10-6-20)14-17(15)24(11-7-21)12-8-22/h3-4,14H,2,5-13H2,1H3. The second kappa shape index (κ2) is 13.6. The third-order valence-electron chi connectivity index (χ3n) is 3.83. The lowest BCUT2D eigenvalue weighted by Gasteiger charge is -2.29. The lowest BCUT2D eigenvalue weighted by Crippen LogP contribution is -2.31. The smallest absolute Gasteiger partial charge is 0.310 e. The first-order chi connectivity index (χ1) is 12.6. The largest absolute Gasteiger partial charge is 0.466 e. The van der Waals surface area contributed by atoms with Gasteiger partial charge in [0.2, 0.25) is 0 Å². The average Bonchev–Trinajstić information content (AvgIpc) is 2.62. The van der Waals surface area contributed by atoms with Gasteiger partial charge in [0.1, 0.15) is 0 Å². The highest BCUT2D eigenvalue weighted by molar-refractivity contribution is 6.19. The summed E-state index contributed by atoms with van der Waals surface area (Å²) < 4.78 is 5.10. The van der Waals surface area contributed by atoms with Gasteiger partial charge in [0.25, 0.3) is 0 Å². The van der Waals surface area contributed by atoms with Gasteiger partial charge in [-0.25, -0.2) is 0 Å². The van der Waals surface area contributed by atoms with Crippen molar-refractivity contribution < 1.29 is 9.53 Å². The Balaban J connectivity index is 3.25. The summed E-state index contributed by atoms with van der Waals surface area (Å²) >= 11 is 23.8. The van der Waals surface area contributed by atoms with E-state index in [1.807, 2.05) is 18.2 Å². The molecule has 0 aliphatic heterocycles. The molecule has 148 valence electrons. The van der Waals surface area contributed by atoms with Crippen molar-refractivity contribution in [1.29, 1.82) is 0 Å². The highest BCUT2D eigenvalue weighted by Crippen LogP contribution is 2.28. The predicted octanol–water partition coefficient (Wildman–Crippen LogP) is 4.36. The molecule has 0 radical (unpaired) electrons. The van der Waals surface area contributed by atoms with Crippen LogP contribution in [-0.2, 0) is 16.0 Å². The summed E-state index contributed by atoms with van der Waals surface area (Å²) in [5.41, 5.74) is 2.83. The maximum absolute atomic E-state index is 12.0. The van der Waals surface area contributed by atoms with E-state index in [1.54, 1.807) is 6.92 Å². The number of carbonyl (C=O) groups excluding carboxylic acids is 1. The molecule has 0 unspecified atom stereocenters. The van der Waals surface area contributed by atoms with Gasteiger partial charge in [-0.05, 0) is 24.6 Å². The van der Waals surface area contributed by atoms with Crippen LogP contribution in [-0.4, -0.2) is 62.3 Å². The molecule has 0 aliphatic rings. The highest BCUT2D eigenvalue weighted by Gasteiger charge is 2.17.